The van der Waals surface area contributed by atoms with Gasteiger partial charge in [-0.05, 0) is 26.7 Å². The zero-order valence-corrected chi connectivity index (χ0v) is 20.3. The molecule has 1 N–H and O–H groups in total. The Hall–Kier alpha value is -1.80. The maximum Gasteiger partial charge on any atom is 0.230 e. The molecule has 1 amide bonds. The maximum atomic E-state index is 12.3. The number of nitrogens with zero attached hydrogens (tertiary/aromatic N) is 2. The molecule has 6 heteroatoms. The third kappa shape index (κ3) is 5.46. The van der Waals surface area contributed by atoms with Crippen LogP contribution in [0.25, 0.3) is 11.4 Å². The van der Waals surface area contributed by atoms with Crippen LogP contribution in [0.5, 0.6) is 0 Å². The molecular formula is C24H26IN3OS. The van der Waals surface area contributed by atoms with E-state index in [9.17, 15) is 4.79 Å². The van der Waals surface area contributed by atoms with Gasteiger partial charge in [0, 0.05) is 17.2 Å². The second kappa shape index (κ2) is 10.0. The molecule has 1 saturated carbocycles. The third-order valence-electron chi connectivity index (χ3n) is 5.32. The van der Waals surface area contributed by atoms with Gasteiger partial charge in [-0.1, -0.05) is 84.3 Å². The Labute approximate surface area is 192 Å². The monoisotopic (exact) mass is 531 g/mol. The Bertz CT molecular complexity index is 1000. The molecule has 1 fully saturated rings. The lowest BCUT2D eigenvalue weighted by Crippen LogP contribution is -2.34. The van der Waals surface area contributed by atoms with E-state index in [0.29, 0.717) is 11.8 Å². The van der Waals surface area contributed by atoms with Crippen molar-refractivity contribution in [2.75, 3.05) is 5.75 Å². The highest BCUT2D eigenvalue weighted by Crippen LogP contribution is 2.38. The SMILES string of the molecule is Cc1ccc(C2=C(c3ccc(C)cc3)N=C(SCC(=O)NC3CCCC3)I=N2)cc1. The Morgan fingerprint density at radius 1 is 0.967 bits per heavy atom. The summed E-state index contributed by atoms with van der Waals surface area (Å²) in [6, 6.07) is 17.3. The average Bonchev–Trinajstić information content (AvgIpc) is 3.26. The van der Waals surface area contributed by atoms with Gasteiger partial charge in [0.25, 0.3) is 0 Å². The second-order valence-electron chi connectivity index (χ2n) is 7.80. The molecule has 2 aromatic carbocycles. The van der Waals surface area contributed by atoms with Crippen LogP contribution >= 0.6 is 32.8 Å². The van der Waals surface area contributed by atoms with Crippen LogP contribution in [0.1, 0.15) is 47.9 Å². The summed E-state index contributed by atoms with van der Waals surface area (Å²) in [6.07, 6.45) is 4.67. The van der Waals surface area contributed by atoms with Gasteiger partial charge < -0.3 is 5.32 Å². The molecule has 0 spiro atoms. The van der Waals surface area contributed by atoms with Crippen LogP contribution in [0.2, 0.25) is 0 Å². The standard InChI is InChI=1S/C24H26IN3OS/c1-16-7-11-18(12-8-16)22-23(19-13-9-17(2)10-14-19)28-25-24(27-22)30-15-21(29)26-20-5-3-4-6-20/h7-14,20H,3-6,15H2,1-2H3,(H,26,29). The average molecular weight is 531 g/mol. The molecule has 0 saturated heterocycles. The van der Waals surface area contributed by atoms with Crippen molar-refractivity contribution in [1.82, 2.24) is 5.32 Å². The van der Waals surface area contributed by atoms with Gasteiger partial charge >= 0.3 is 0 Å². The molecule has 2 aromatic rings. The fourth-order valence-corrected chi connectivity index (χ4v) is 6.57. The summed E-state index contributed by atoms with van der Waals surface area (Å²) in [5.41, 5.74) is 6.49. The Kier molecular flexibility index (Phi) is 7.15. The molecule has 0 bridgehead atoms. The lowest BCUT2D eigenvalue weighted by molar-refractivity contribution is -0.119. The Morgan fingerprint density at radius 3 is 2.13 bits per heavy atom. The van der Waals surface area contributed by atoms with E-state index in [4.69, 9.17) is 8.14 Å². The highest BCUT2D eigenvalue weighted by molar-refractivity contribution is 14.2. The molecule has 1 aliphatic carbocycles. The van der Waals surface area contributed by atoms with E-state index in [-0.39, 0.29) is 5.91 Å². The van der Waals surface area contributed by atoms with E-state index in [1.54, 1.807) is 11.8 Å². The normalized spacial score (nSPS) is 16.9. The number of hydrogen-bond donors (Lipinski definition) is 1. The van der Waals surface area contributed by atoms with Crippen LogP contribution in [-0.2, 0) is 4.79 Å². The number of amides is 1. The summed E-state index contributed by atoms with van der Waals surface area (Å²) in [5.74, 6) is 0.537. The molecule has 30 heavy (non-hydrogen) atoms. The summed E-state index contributed by atoms with van der Waals surface area (Å²) >= 11 is 0.950. The zero-order chi connectivity index (χ0) is 20.9. The van der Waals surface area contributed by atoms with Crippen molar-refractivity contribution < 1.29 is 4.79 Å². The van der Waals surface area contributed by atoms with E-state index in [1.165, 1.54) is 24.0 Å². The molecule has 0 aromatic heterocycles. The van der Waals surface area contributed by atoms with Gasteiger partial charge in [0.1, 0.15) is 8.75 Å². The van der Waals surface area contributed by atoms with Crippen LogP contribution < -0.4 is 5.32 Å². The Balaban J connectivity index is 1.56. The molecule has 4 nitrogen and oxygen atoms in total. The van der Waals surface area contributed by atoms with E-state index in [1.807, 2.05) is 0 Å². The first-order valence-corrected chi connectivity index (χ1v) is 13.4. The van der Waals surface area contributed by atoms with Crippen molar-refractivity contribution in [2.45, 2.75) is 45.6 Å². The Morgan fingerprint density at radius 2 is 1.53 bits per heavy atom. The van der Waals surface area contributed by atoms with E-state index >= 15 is 0 Å². The van der Waals surface area contributed by atoms with Crippen LogP contribution in [0.15, 0.2) is 56.7 Å². The number of thioether (sulfide) groups is 1. The molecule has 0 atom stereocenters. The summed E-state index contributed by atoms with van der Waals surface area (Å²) in [4.78, 5) is 17.3. The topological polar surface area (TPSA) is 53.8 Å². The predicted octanol–water partition coefficient (Wildman–Crippen LogP) is 6.45. The molecule has 2 aliphatic rings. The zero-order valence-electron chi connectivity index (χ0n) is 17.3. The van der Waals surface area contributed by atoms with E-state index < -0.39 is 21.0 Å². The number of nitrogens with one attached hydrogen (secondary N) is 1. The minimum Gasteiger partial charge on any atom is -0.353 e. The molecule has 4 rings (SSSR count). The molecule has 0 radical (unpaired) electrons. The van der Waals surface area contributed by atoms with Crippen LogP contribution in [-0.4, -0.2) is 20.8 Å². The molecule has 0 unspecified atom stereocenters. The largest absolute Gasteiger partial charge is 0.353 e. The second-order valence-corrected chi connectivity index (χ2v) is 11.5. The van der Waals surface area contributed by atoms with Crippen LogP contribution in [0, 0.1) is 13.8 Å². The number of hydrogen-bond acceptors (Lipinski definition) is 4. The van der Waals surface area contributed by atoms with Gasteiger partial charge in [-0.2, -0.15) is 0 Å². The van der Waals surface area contributed by atoms with Gasteiger partial charge in [0.2, 0.25) is 5.91 Å². The number of rotatable bonds is 5. The fraction of sp³-hybridized carbons (Fsp3) is 0.333. The first kappa shape index (κ1) is 21.4. The minimum absolute atomic E-state index is 0.115. The lowest BCUT2D eigenvalue weighted by atomic mass is 10.0. The summed E-state index contributed by atoms with van der Waals surface area (Å²) < 4.78 is 5.98. The van der Waals surface area contributed by atoms with Crippen molar-refractivity contribution in [3.63, 3.8) is 0 Å². The smallest absolute Gasteiger partial charge is 0.230 e. The van der Waals surface area contributed by atoms with E-state index in [2.05, 4.69) is 67.7 Å². The van der Waals surface area contributed by atoms with Gasteiger partial charge in [-0.15, -0.1) is 0 Å². The highest BCUT2D eigenvalue weighted by atomic mass is 127. The number of benzene rings is 2. The first-order chi connectivity index (χ1) is 14.6. The molecular weight excluding hydrogens is 505 g/mol. The first-order valence-electron chi connectivity index (χ1n) is 10.3. The number of halogens is 1. The molecule has 1 heterocycles. The highest BCUT2D eigenvalue weighted by Gasteiger charge is 2.19. The number of carbonyl (C=O) groups is 1. The van der Waals surface area contributed by atoms with Crippen LogP contribution in [0.3, 0.4) is 0 Å². The fourth-order valence-electron chi connectivity index (χ4n) is 3.61. The van der Waals surface area contributed by atoms with Crippen LogP contribution in [0.4, 0.5) is 0 Å². The van der Waals surface area contributed by atoms with Crippen molar-refractivity contribution in [2.24, 2.45) is 8.14 Å². The number of aliphatic imine (C=N–C) groups is 1. The summed E-state index contributed by atoms with van der Waals surface area (Å²) in [5, 5.41) is 3.16. The van der Waals surface area contributed by atoms with Gasteiger partial charge in [-0.25, -0.2) is 8.14 Å². The quantitative estimate of drug-likeness (QED) is 0.452. The van der Waals surface area contributed by atoms with Gasteiger partial charge in [0.15, 0.2) is 0 Å². The van der Waals surface area contributed by atoms with Crippen molar-refractivity contribution in [1.29, 1.82) is 0 Å². The molecule has 1 aliphatic heterocycles. The summed E-state index contributed by atoms with van der Waals surface area (Å²) in [7, 11) is 0. The van der Waals surface area contributed by atoms with Gasteiger partial charge in [-0.3, -0.25) is 4.79 Å². The van der Waals surface area contributed by atoms with Crippen molar-refractivity contribution >= 4 is 53.1 Å². The lowest BCUT2D eigenvalue weighted by Gasteiger charge is -2.15. The summed E-state index contributed by atoms with van der Waals surface area (Å²) in [6.45, 7) is 4.18. The number of aryl methyl sites for hydroxylation is 2. The van der Waals surface area contributed by atoms with Crippen molar-refractivity contribution in [3.8, 4) is 0 Å². The third-order valence-corrected chi connectivity index (χ3v) is 8.83. The maximum absolute atomic E-state index is 12.3. The van der Waals surface area contributed by atoms with E-state index in [0.717, 1.165) is 38.4 Å². The van der Waals surface area contributed by atoms with Gasteiger partial charge in [0.05, 0.1) is 32.5 Å². The van der Waals surface area contributed by atoms with Crippen molar-refractivity contribution in [3.05, 3.63) is 70.8 Å². The predicted molar refractivity (Wildman–Crippen MR) is 136 cm³/mol. The molecule has 156 valence electrons. The minimum atomic E-state index is -0.599. The number of carbonyl (C=O) groups excluding carboxylic acids is 1.